The number of nitrogens with one attached hydrogen (secondary N) is 1. The molecule has 0 aromatic heterocycles. The molecule has 3 aliphatic rings. The fraction of sp³-hybridized carbons (Fsp3) is 0.611. The van der Waals surface area contributed by atoms with Crippen LogP contribution >= 0.6 is 0 Å². The molecule has 0 spiro atoms. The Hall–Kier alpha value is -1.40. The minimum absolute atomic E-state index is 0.0875. The zero-order valence-electron chi connectivity index (χ0n) is 14.0. The Morgan fingerprint density at radius 3 is 2.79 bits per heavy atom. The van der Waals surface area contributed by atoms with Crippen LogP contribution in [-0.2, 0) is 21.2 Å². The molecule has 1 aromatic rings. The van der Waals surface area contributed by atoms with Crippen LogP contribution in [0.2, 0.25) is 0 Å². The molecule has 6 heteroatoms. The van der Waals surface area contributed by atoms with E-state index in [2.05, 4.69) is 4.72 Å². The van der Waals surface area contributed by atoms with E-state index in [1.165, 1.54) is 12.8 Å². The van der Waals surface area contributed by atoms with Crippen LogP contribution in [0.3, 0.4) is 0 Å². The molecule has 1 amide bonds. The third-order valence-corrected chi connectivity index (χ3v) is 7.39. The van der Waals surface area contributed by atoms with Gasteiger partial charge in [0.1, 0.15) is 0 Å². The Balaban J connectivity index is 1.55. The molecule has 0 radical (unpaired) electrons. The highest BCUT2D eigenvalue weighted by Crippen LogP contribution is 2.45. The molecule has 1 aliphatic heterocycles. The van der Waals surface area contributed by atoms with Crippen molar-refractivity contribution in [2.75, 3.05) is 11.4 Å². The normalized spacial score (nSPS) is 28.4. The fourth-order valence-corrected chi connectivity index (χ4v) is 6.02. The van der Waals surface area contributed by atoms with Gasteiger partial charge < -0.3 is 4.90 Å². The summed E-state index contributed by atoms with van der Waals surface area (Å²) >= 11 is 0. The van der Waals surface area contributed by atoms with Crippen molar-refractivity contribution in [3.8, 4) is 0 Å². The molecule has 2 saturated carbocycles. The van der Waals surface area contributed by atoms with Gasteiger partial charge in [-0.3, -0.25) is 4.79 Å². The summed E-state index contributed by atoms with van der Waals surface area (Å²) in [5.74, 6) is 1.30. The molecule has 5 nitrogen and oxygen atoms in total. The number of rotatable bonds is 4. The zero-order chi connectivity index (χ0) is 16.9. The first-order valence-electron chi connectivity index (χ1n) is 8.93. The van der Waals surface area contributed by atoms with Gasteiger partial charge in [-0.05, 0) is 61.3 Å². The second-order valence-electron chi connectivity index (χ2n) is 7.34. The number of benzene rings is 1. The minimum Gasteiger partial charge on any atom is -0.312 e. The Bertz CT molecular complexity index is 774. The monoisotopic (exact) mass is 348 g/mol. The van der Waals surface area contributed by atoms with Gasteiger partial charge in [0.15, 0.2) is 0 Å². The summed E-state index contributed by atoms with van der Waals surface area (Å²) < 4.78 is 28.4. The average Bonchev–Trinajstić information content (AvgIpc) is 3.27. The first-order chi connectivity index (χ1) is 11.5. The number of fused-ring (bicyclic) bond motifs is 3. The number of nitrogens with zero attached hydrogens (tertiary/aromatic N) is 1. The molecule has 3 atom stereocenters. The van der Waals surface area contributed by atoms with E-state index in [1.807, 2.05) is 6.92 Å². The van der Waals surface area contributed by atoms with E-state index in [9.17, 15) is 13.2 Å². The van der Waals surface area contributed by atoms with Crippen LogP contribution in [0.15, 0.2) is 23.1 Å². The fourth-order valence-electron chi connectivity index (χ4n) is 4.65. The molecule has 2 aliphatic carbocycles. The first-order valence-corrected chi connectivity index (χ1v) is 10.4. The van der Waals surface area contributed by atoms with E-state index < -0.39 is 10.0 Å². The van der Waals surface area contributed by atoms with Crippen LogP contribution < -0.4 is 9.62 Å². The van der Waals surface area contributed by atoms with Gasteiger partial charge in [0, 0.05) is 24.7 Å². The zero-order valence-corrected chi connectivity index (χ0v) is 14.8. The third-order valence-electron chi connectivity index (χ3n) is 5.90. The van der Waals surface area contributed by atoms with Crippen LogP contribution in [0.5, 0.6) is 0 Å². The third kappa shape index (κ3) is 2.65. The van der Waals surface area contributed by atoms with Crippen molar-refractivity contribution in [1.82, 2.24) is 4.72 Å². The molecular formula is C18H24N2O3S. The summed E-state index contributed by atoms with van der Waals surface area (Å²) in [4.78, 5) is 14.0. The van der Waals surface area contributed by atoms with Gasteiger partial charge in [-0.25, -0.2) is 13.1 Å². The number of carbonyl (C=O) groups is 1. The molecule has 130 valence electrons. The number of anilines is 1. The summed E-state index contributed by atoms with van der Waals surface area (Å²) in [5.41, 5.74) is 1.81. The van der Waals surface area contributed by atoms with E-state index in [-0.39, 0.29) is 11.9 Å². The van der Waals surface area contributed by atoms with Crippen molar-refractivity contribution in [2.45, 2.75) is 56.4 Å². The topological polar surface area (TPSA) is 66.5 Å². The second kappa shape index (κ2) is 5.85. The van der Waals surface area contributed by atoms with Crippen molar-refractivity contribution in [3.05, 3.63) is 23.8 Å². The predicted octanol–water partition coefficient (Wildman–Crippen LogP) is 2.45. The van der Waals surface area contributed by atoms with Crippen molar-refractivity contribution >= 4 is 21.6 Å². The lowest BCUT2D eigenvalue weighted by atomic mass is 9.96. The Kier molecular flexibility index (Phi) is 3.92. The highest BCUT2D eigenvalue weighted by atomic mass is 32.2. The smallest absolute Gasteiger partial charge is 0.240 e. The molecule has 1 N–H and O–H groups in total. The van der Waals surface area contributed by atoms with Gasteiger partial charge in [0.2, 0.25) is 15.9 Å². The van der Waals surface area contributed by atoms with Gasteiger partial charge in [0.05, 0.1) is 4.90 Å². The predicted molar refractivity (Wildman–Crippen MR) is 92.3 cm³/mol. The van der Waals surface area contributed by atoms with E-state index in [4.69, 9.17) is 0 Å². The van der Waals surface area contributed by atoms with Gasteiger partial charge in [-0.15, -0.1) is 0 Å². The molecule has 2 bridgehead atoms. The van der Waals surface area contributed by atoms with Gasteiger partial charge in [-0.2, -0.15) is 0 Å². The standard InChI is InChI=1S/C18H24N2O3S/c1-2-18(21)20-8-7-14-11-15(5-6-17(14)20)24(22,23)19-16-10-12-3-4-13(16)9-12/h5-6,11-13,16,19H,2-4,7-10H2,1H3/t12-,13-,16+/m1/s1. The van der Waals surface area contributed by atoms with E-state index in [0.29, 0.717) is 29.7 Å². The molecule has 2 fully saturated rings. The highest BCUT2D eigenvalue weighted by molar-refractivity contribution is 7.89. The molecule has 24 heavy (non-hydrogen) atoms. The number of sulfonamides is 1. The largest absolute Gasteiger partial charge is 0.312 e. The lowest BCUT2D eigenvalue weighted by molar-refractivity contribution is -0.118. The summed E-state index contributed by atoms with van der Waals surface area (Å²) in [5, 5.41) is 0. The number of amides is 1. The molecule has 4 rings (SSSR count). The molecule has 1 heterocycles. The van der Waals surface area contributed by atoms with Gasteiger partial charge >= 0.3 is 0 Å². The molecule has 1 aromatic carbocycles. The summed E-state index contributed by atoms with van der Waals surface area (Å²) in [6.45, 7) is 2.49. The van der Waals surface area contributed by atoms with Gasteiger partial charge in [0.25, 0.3) is 0 Å². The second-order valence-corrected chi connectivity index (χ2v) is 9.06. The minimum atomic E-state index is -3.48. The first kappa shape index (κ1) is 16.1. The number of carbonyl (C=O) groups excluding carboxylic acids is 1. The van der Waals surface area contributed by atoms with E-state index in [1.54, 1.807) is 23.1 Å². The quantitative estimate of drug-likeness (QED) is 0.909. The van der Waals surface area contributed by atoms with Crippen LogP contribution in [0.25, 0.3) is 0 Å². The Morgan fingerprint density at radius 2 is 2.12 bits per heavy atom. The van der Waals surface area contributed by atoms with Crippen LogP contribution in [0.1, 0.15) is 44.6 Å². The lowest BCUT2D eigenvalue weighted by Gasteiger charge is -2.23. The Labute approximate surface area is 143 Å². The molecule has 0 unspecified atom stereocenters. The number of hydrogen-bond acceptors (Lipinski definition) is 3. The maximum Gasteiger partial charge on any atom is 0.240 e. The summed E-state index contributed by atoms with van der Waals surface area (Å²) in [6, 6.07) is 5.26. The van der Waals surface area contributed by atoms with Crippen molar-refractivity contribution in [2.24, 2.45) is 11.8 Å². The molecule has 0 saturated heterocycles. The summed E-state index contributed by atoms with van der Waals surface area (Å²) in [7, 11) is -3.48. The summed E-state index contributed by atoms with van der Waals surface area (Å²) in [6.07, 6.45) is 5.74. The Morgan fingerprint density at radius 1 is 1.29 bits per heavy atom. The highest BCUT2D eigenvalue weighted by Gasteiger charge is 2.41. The van der Waals surface area contributed by atoms with Crippen molar-refractivity contribution in [1.29, 1.82) is 0 Å². The maximum absolute atomic E-state index is 12.7. The van der Waals surface area contributed by atoms with Crippen LogP contribution in [-0.4, -0.2) is 26.9 Å². The number of hydrogen-bond donors (Lipinski definition) is 1. The van der Waals surface area contributed by atoms with Crippen LogP contribution in [0.4, 0.5) is 5.69 Å². The van der Waals surface area contributed by atoms with Crippen LogP contribution in [0, 0.1) is 11.8 Å². The van der Waals surface area contributed by atoms with Gasteiger partial charge in [-0.1, -0.05) is 13.3 Å². The van der Waals surface area contributed by atoms with E-state index >= 15 is 0 Å². The maximum atomic E-state index is 12.7. The lowest BCUT2D eigenvalue weighted by Crippen LogP contribution is -2.38. The SMILES string of the molecule is CCC(=O)N1CCc2cc(S(=O)(=O)N[C@H]3C[C@@H]4CC[C@@H]3C4)ccc21. The van der Waals surface area contributed by atoms with Crippen molar-refractivity contribution in [3.63, 3.8) is 0 Å². The molecular weight excluding hydrogens is 324 g/mol. The van der Waals surface area contributed by atoms with E-state index in [0.717, 1.165) is 30.5 Å². The van der Waals surface area contributed by atoms with Crippen molar-refractivity contribution < 1.29 is 13.2 Å². The average molecular weight is 348 g/mol.